The predicted octanol–water partition coefficient (Wildman–Crippen LogP) is 6.89. The zero-order chi connectivity index (χ0) is 33.2. The largest absolute Gasteiger partial charge is 0.492 e. The summed E-state index contributed by atoms with van der Waals surface area (Å²) in [5.41, 5.74) is 8.72. The minimum atomic E-state index is -0.201. The number of aromatic amines is 1. The lowest BCUT2D eigenvalue weighted by Gasteiger charge is -2.45. The van der Waals surface area contributed by atoms with Crippen molar-refractivity contribution in [2.24, 2.45) is 0 Å². The fourth-order valence-corrected chi connectivity index (χ4v) is 8.05. The van der Waals surface area contributed by atoms with E-state index in [1.54, 1.807) is 21.3 Å². The number of benzene rings is 3. The van der Waals surface area contributed by atoms with E-state index in [2.05, 4.69) is 87.9 Å². The summed E-state index contributed by atoms with van der Waals surface area (Å²) in [6.45, 7) is 15.5. The molecule has 4 aromatic rings. The molecule has 1 unspecified atom stereocenters. The van der Waals surface area contributed by atoms with Gasteiger partial charge in [-0.2, -0.15) is 0 Å². The molecule has 0 spiro atoms. The van der Waals surface area contributed by atoms with Crippen LogP contribution in [0.15, 0.2) is 46.3 Å². The van der Waals surface area contributed by atoms with Crippen LogP contribution in [0.25, 0.3) is 10.9 Å². The SMILES string of the molecule is CCC(c1c(OC)c(OC)c(OC)c2nc(SCc3cc(C)cc(C)c3)[nH]c(=O)c12)N1CC[N+](C)(Cc2cc(C)cc(C)c2)CC1. The highest BCUT2D eigenvalue weighted by atomic mass is 32.2. The fraction of sp³-hybridized carbons (Fsp3) is 0.459. The lowest BCUT2D eigenvalue weighted by atomic mass is 9.95. The van der Waals surface area contributed by atoms with E-state index in [-0.39, 0.29) is 11.6 Å². The number of nitrogens with zero attached hydrogens (tertiary/aromatic N) is 3. The third kappa shape index (κ3) is 7.06. The highest BCUT2D eigenvalue weighted by Gasteiger charge is 2.36. The quantitative estimate of drug-likeness (QED) is 0.108. The molecule has 8 nitrogen and oxygen atoms in total. The Morgan fingerprint density at radius 3 is 1.91 bits per heavy atom. The first-order valence-corrected chi connectivity index (χ1v) is 17.1. The third-order valence-electron chi connectivity index (χ3n) is 9.17. The zero-order valence-corrected chi connectivity index (χ0v) is 29.7. The van der Waals surface area contributed by atoms with Gasteiger partial charge in [-0.25, -0.2) is 4.98 Å². The Labute approximate surface area is 277 Å². The number of aryl methyl sites for hydroxylation is 4. The van der Waals surface area contributed by atoms with Crippen LogP contribution in [0.5, 0.6) is 17.2 Å². The number of piperazine rings is 1. The van der Waals surface area contributed by atoms with E-state index in [1.807, 2.05) is 0 Å². The van der Waals surface area contributed by atoms with Crippen molar-refractivity contribution in [3.63, 3.8) is 0 Å². The van der Waals surface area contributed by atoms with Gasteiger partial charge in [0.05, 0.1) is 46.9 Å². The van der Waals surface area contributed by atoms with Gasteiger partial charge in [0.2, 0.25) is 5.75 Å². The van der Waals surface area contributed by atoms with Crippen LogP contribution in [0.3, 0.4) is 0 Å². The second-order valence-corrected chi connectivity index (χ2v) is 14.0. The summed E-state index contributed by atoms with van der Waals surface area (Å²) in [7, 11) is 7.17. The number of hydrogen-bond donors (Lipinski definition) is 1. The van der Waals surface area contributed by atoms with Crippen LogP contribution in [0.2, 0.25) is 0 Å². The molecule has 0 bridgehead atoms. The molecule has 1 aliphatic heterocycles. The van der Waals surface area contributed by atoms with Crippen LogP contribution >= 0.6 is 11.8 Å². The molecule has 1 aromatic heterocycles. The first kappa shape index (κ1) is 33.8. The average molecular weight is 646 g/mol. The molecule has 0 aliphatic carbocycles. The van der Waals surface area contributed by atoms with Crippen molar-refractivity contribution in [3.05, 3.63) is 85.7 Å². The molecule has 9 heteroatoms. The standard InChI is InChI=1S/C37H48N4O4S/c1-10-29(40-11-13-41(6,14-12-40)21-27-17-23(2)15-24(3)18-27)30-31-32(34(44-8)35(45-9)33(30)43-7)38-37(39-36(31)42)46-22-28-19-25(4)16-26(5)20-28/h15-20,29H,10-14,21-22H2,1-9H3/p+1. The molecule has 1 N–H and O–H groups in total. The second-order valence-electron chi connectivity index (χ2n) is 13.1. The minimum absolute atomic E-state index is 0.0658. The molecule has 46 heavy (non-hydrogen) atoms. The van der Waals surface area contributed by atoms with Crippen molar-refractivity contribution in [2.45, 2.75) is 64.5 Å². The Balaban J connectivity index is 1.51. The number of fused-ring (bicyclic) bond motifs is 1. The number of methoxy groups -OCH3 is 3. The number of rotatable bonds is 11. The lowest BCUT2D eigenvalue weighted by molar-refractivity contribution is -0.926. The monoisotopic (exact) mass is 645 g/mol. The van der Waals surface area contributed by atoms with Gasteiger partial charge in [0, 0.05) is 36.0 Å². The molecular formula is C37H49N4O4S+. The smallest absolute Gasteiger partial charge is 0.260 e. The summed E-state index contributed by atoms with van der Waals surface area (Å²) in [5.74, 6) is 2.08. The van der Waals surface area contributed by atoms with Gasteiger partial charge in [0.1, 0.15) is 12.1 Å². The van der Waals surface area contributed by atoms with Crippen LogP contribution in [0.1, 0.15) is 58.3 Å². The molecule has 1 saturated heterocycles. The van der Waals surface area contributed by atoms with E-state index in [9.17, 15) is 4.79 Å². The van der Waals surface area contributed by atoms with E-state index in [0.29, 0.717) is 39.1 Å². The maximum absolute atomic E-state index is 14.1. The van der Waals surface area contributed by atoms with Crippen molar-refractivity contribution >= 4 is 22.7 Å². The number of thioether (sulfide) groups is 1. The highest BCUT2D eigenvalue weighted by molar-refractivity contribution is 7.98. The first-order valence-electron chi connectivity index (χ1n) is 16.1. The Kier molecular flexibility index (Phi) is 10.3. The summed E-state index contributed by atoms with van der Waals surface area (Å²) >= 11 is 1.51. The minimum Gasteiger partial charge on any atom is -0.492 e. The van der Waals surface area contributed by atoms with Crippen molar-refractivity contribution in [1.29, 1.82) is 0 Å². The molecule has 0 amide bonds. The zero-order valence-electron chi connectivity index (χ0n) is 28.9. The maximum atomic E-state index is 14.1. The van der Waals surface area contributed by atoms with Gasteiger partial charge in [-0.3, -0.25) is 9.69 Å². The van der Waals surface area contributed by atoms with Gasteiger partial charge in [0.15, 0.2) is 16.7 Å². The number of quaternary nitrogens is 1. The van der Waals surface area contributed by atoms with Crippen molar-refractivity contribution < 1.29 is 18.7 Å². The van der Waals surface area contributed by atoms with Gasteiger partial charge in [-0.15, -0.1) is 0 Å². The maximum Gasteiger partial charge on any atom is 0.260 e. The molecule has 2 heterocycles. The summed E-state index contributed by atoms with van der Waals surface area (Å²) < 4.78 is 18.8. The number of aromatic nitrogens is 2. The van der Waals surface area contributed by atoms with E-state index in [0.717, 1.165) is 49.2 Å². The van der Waals surface area contributed by atoms with Crippen LogP contribution in [0.4, 0.5) is 0 Å². The topological polar surface area (TPSA) is 76.7 Å². The Morgan fingerprint density at radius 1 is 0.848 bits per heavy atom. The molecule has 3 aromatic carbocycles. The van der Waals surface area contributed by atoms with E-state index >= 15 is 0 Å². The number of likely N-dealkylation sites (N-methyl/N-ethyl adjacent to an activating group) is 1. The average Bonchev–Trinajstić information content (AvgIpc) is 2.99. The fourth-order valence-electron chi connectivity index (χ4n) is 7.26. The Bertz CT molecular complexity index is 1740. The van der Waals surface area contributed by atoms with E-state index < -0.39 is 0 Å². The molecular weight excluding hydrogens is 596 g/mol. The molecule has 246 valence electrons. The van der Waals surface area contributed by atoms with E-state index in [1.165, 1.54) is 45.1 Å². The normalized spacial score (nSPS) is 15.6. The molecule has 1 fully saturated rings. The summed E-state index contributed by atoms with van der Waals surface area (Å²) in [5, 5.41) is 1.04. The number of hydrogen-bond acceptors (Lipinski definition) is 7. The van der Waals surface area contributed by atoms with Gasteiger partial charge >= 0.3 is 0 Å². The summed E-state index contributed by atoms with van der Waals surface area (Å²) in [4.78, 5) is 24.6. The molecule has 1 atom stereocenters. The molecule has 0 saturated carbocycles. The summed E-state index contributed by atoms with van der Waals surface area (Å²) in [6, 6.07) is 13.3. The van der Waals surface area contributed by atoms with Gasteiger partial charge in [-0.05, 0) is 39.7 Å². The highest BCUT2D eigenvalue weighted by Crippen LogP contribution is 2.49. The van der Waals surface area contributed by atoms with Crippen LogP contribution in [-0.4, -0.2) is 73.9 Å². The van der Waals surface area contributed by atoms with E-state index in [4.69, 9.17) is 19.2 Å². The molecule has 1 aliphatic rings. The van der Waals surface area contributed by atoms with Crippen molar-refractivity contribution in [1.82, 2.24) is 14.9 Å². The Hall–Kier alpha value is -3.53. The van der Waals surface area contributed by atoms with Crippen LogP contribution in [-0.2, 0) is 12.3 Å². The molecule has 5 rings (SSSR count). The number of nitrogens with one attached hydrogen (secondary N) is 1. The van der Waals surface area contributed by atoms with Gasteiger partial charge in [0.25, 0.3) is 5.56 Å². The number of H-pyrrole nitrogens is 1. The predicted molar refractivity (Wildman–Crippen MR) is 188 cm³/mol. The molecule has 0 radical (unpaired) electrons. The second kappa shape index (κ2) is 14.1. The first-order chi connectivity index (χ1) is 22.0. The lowest BCUT2D eigenvalue weighted by Crippen LogP contribution is -2.57. The van der Waals surface area contributed by atoms with Crippen LogP contribution in [0, 0.1) is 27.7 Å². The Morgan fingerprint density at radius 2 is 1.39 bits per heavy atom. The third-order valence-corrected chi connectivity index (χ3v) is 10.1. The van der Waals surface area contributed by atoms with Crippen molar-refractivity contribution in [3.8, 4) is 17.2 Å². The number of ether oxygens (including phenoxy) is 3. The van der Waals surface area contributed by atoms with Gasteiger partial charge < -0.3 is 23.7 Å². The van der Waals surface area contributed by atoms with Crippen molar-refractivity contribution in [2.75, 3.05) is 54.6 Å². The van der Waals surface area contributed by atoms with Crippen LogP contribution < -0.4 is 19.8 Å². The summed E-state index contributed by atoms with van der Waals surface area (Å²) in [6.07, 6.45) is 0.796. The van der Waals surface area contributed by atoms with Gasteiger partial charge in [-0.1, -0.05) is 77.3 Å².